The molecule has 0 N–H and O–H groups in total. The highest BCUT2D eigenvalue weighted by molar-refractivity contribution is 5.98. The number of nitriles is 1. The van der Waals surface area contributed by atoms with E-state index in [0.29, 0.717) is 36.5 Å². The predicted molar refractivity (Wildman–Crippen MR) is 137 cm³/mol. The zero-order chi connectivity index (χ0) is 27.6. The summed E-state index contributed by atoms with van der Waals surface area (Å²) < 4.78 is 33.5. The molecule has 0 radical (unpaired) electrons. The van der Waals surface area contributed by atoms with Crippen molar-refractivity contribution in [1.82, 2.24) is 19.4 Å². The fourth-order valence-corrected chi connectivity index (χ4v) is 5.72. The van der Waals surface area contributed by atoms with Gasteiger partial charge in [-0.3, -0.25) is 9.59 Å². The molecule has 39 heavy (non-hydrogen) atoms. The maximum absolute atomic E-state index is 13.3. The van der Waals surface area contributed by atoms with Crippen LogP contribution in [0.5, 0.6) is 5.75 Å². The first-order chi connectivity index (χ1) is 18.6. The molecule has 0 saturated carbocycles. The van der Waals surface area contributed by atoms with Gasteiger partial charge in [0.05, 0.1) is 35.1 Å². The van der Waals surface area contributed by atoms with E-state index in [4.69, 9.17) is 9.72 Å². The van der Waals surface area contributed by atoms with Crippen molar-refractivity contribution in [3.8, 4) is 23.7 Å². The molecule has 3 aliphatic rings. The minimum absolute atomic E-state index is 0.00999. The highest BCUT2D eigenvalue weighted by atomic mass is 19.3. The van der Waals surface area contributed by atoms with E-state index in [1.165, 1.54) is 6.07 Å². The fraction of sp³-hybridized carbons (Fsp3) is 0.379. The number of hydrogen-bond acceptors (Lipinski definition) is 5. The number of rotatable bonds is 3. The summed E-state index contributed by atoms with van der Waals surface area (Å²) in [5.74, 6) is 6.66. The quantitative estimate of drug-likeness (QED) is 0.476. The Hall–Kier alpha value is -4.44. The number of nitrogens with zero attached hydrogens (tertiary/aromatic N) is 5. The third-order valence-corrected chi connectivity index (χ3v) is 7.81. The maximum Gasteiger partial charge on any atom is 0.387 e. The molecule has 6 rings (SSSR count). The minimum Gasteiger partial charge on any atom is -0.434 e. The molecule has 0 aliphatic carbocycles. The van der Waals surface area contributed by atoms with Gasteiger partial charge in [0.2, 0.25) is 5.91 Å². The number of alkyl halides is 2. The number of fused-ring (bicyclic) bond motifs is 9. The summed E-state index contributed by atoms with van der Waals surface area (Å²) in [5.41, 5.74) is 2.00. The van der Waals surface area contributed by atoms with Crippen molar-refractivity contribution >= 4 is 22.8 Å². The van der Waals surface area contributed by atoms with Crippen molar-refractivity contribution in [2.45, 2.75) is 39.0 Å². The lowest BCUT2D eigenvalue weighted by Gasteiger charge is -2.39. The van der Waals surface area contributed by atoms with Crippen LogP contribution in [0, 0.1) is 34.5 Å². The van der Waals surface area contributed by atoms with Crippen molar-refractivity contribution in [3.05, 3.63) is 58.9 Å². The van der Waals surface area contributed by atoms with Crippen molar-refractivity contribution in [2.75, 3.05) is 20.1 Å². The van der Waals surface area contributed by atoms with E-state index in [0.717, 1.165) is 16.6 Å². The number of halogens is 2. The lowest BCUT2D eigenvalue weighted by molar-refractivity contribution is -0.142. The molecule has 198 valence electrons. The van der Waals surface area contributed by atoms with Gasteiger partial charge < -0.3 is 19.1 Å². The number of carbonyl (C=O) groups is 2. The number of likely N-dealkylation sites (tertiary alicyclic amines) is 1. The van der Waals surface area contributed by atoms with Crippen molar-refractivity contribution in [3.63, 3.8) is 0 Å². The molecule has 4 heterocycles. The van der Waals surface area contributed by atoms with Crippen LogP contribution >= 0.6 is 0 Å². The highest BCUT2D eigenvalue weighted by Crippen LogP contribution is 2.50. The number of benzene rings is 2. The molecule has 1 saturated heterocycles. The SMILES string of the molecule is CN1C(=O)c2cccc(OC(F)F)c2C2C[C@@H]1c1nc3ccc(C#CC4CN(C(=O)C(C)(C)C#N)C4)cc3n12. The molecule has 3 aliphatic heterocycles. The van der Waals surface area contributed by atoms with Gasteiger partial charge in [0, 0.05) is 43.2 Å². The second-order valence-electron chi connectivity index (χ2n) is 10.7. The monoisotopic (exact) mass is 529 g/mol. The normalized spacial score (nSPS) is 20.1. The Balaban J connectivity index is 1.35. The van der Waals surface area contributed by atoms with Crippen LogP contribution in [0.3, 0.4) is 0 Å². The average molecular weight is 530 g/mol. The van der Waals surface area contributed by atoms with Crippen LogP contribution in [0.2, 0.25) is 0 Å². The first-order valence-electron chi connectivity index (χ1n) is 12.7. The smallest absolute Gasteiger partial charge is 0.387 e. The van der Waals surface area contributed by atoms with Gasteiger partial charge >= 0.3 is 6.61 Å². The second-order valence-corrected chi connectivity index (χ2v) is 10.7. The van der Waals surface area contributed by atoms with Gasteiger partial charge in [-0.25, -0.2) is 4.98 Å². The van der Waals surface area contributed by atoms with Crippen LogP contribution in [-0.2, 0) is 4.79 Å². The summed E-state index contributed by atoms with van der Waals surface area (Å²) in [4.78, 5) is 33.7. The predicted octanol–water partition coefficient (Wildman–Crippen LogP) is 4.12. The van der Waals surface area contributed by atoms with Gasteiger partial charge in [-0.15, -0.1) is 0 Å². The largest absolute Gasteiger partial charge is 0.434 e. The number of carbonyl (C=O) groups excluding carboxylic acids is 2. The molecule has 2 amide bonds. The van der Waals surface area contributed by atoms with Crippen LogP contribution in [-0.4, -0.2) is 57.9 Å². The Bertz CT molecular complexity index is 1640. The summed E-state index contributed by atoms with van der Waals surface area (Å²) in [7, 11) is 1.70. The first kappa shape index (κ1) is 24.9. The van der Waals surface area contributed by atoms with Crippen LogP contribution < -0.4 is 4.74 Å². The molecule has 10 heteroatoms. The molecule has 3 aromatic rings. The highest BCUT2D eigenvalue weighted by Gasteiger charge is 2.45. The average Bonchev–Trinajstić information content (AvgIpc) is 3.40. The minimum atomic E-state index is -3.02. The Labute approximate surface area is 223 Å². The number of imidazole rings is 1. The fourth-order valence-electron chi connectivity index (χ4n) is 5.72. The lowest BCUT2D eigenvalue weighted by Crippen LogP contribution is -2.53. The number of aromatic nitrogens is 2. The van der Waals surface area contributed by atoms with Gasteiger partial charge in [-0.1, -0.05) is 17.9 Å². The molecule has 8 nitrogen and oxygen atoms in total. The summed E-state index contributed by atoms with van der Waals surface area (Å²) in [6.07, 6.45) is 0.498. The summed E-state index contributed by atoms with van der Waals surface area (Å²) in [6, 6.07) is 11.6. The van der Waals surface area contributed by atoms with E-state index in [2.05, 4.69) is 11.8 Å². The van der Waals surface area contributed by atoms with E-state index in [9.17, 15) is 23.6 Å². The Morgan fingerprint density at radius 3 is 2.69 bits per heavy atom. The zero-order valence-electron chi connectivity index (χ0n) is 21.6. The molecule has 2 atom stereocenters. The summed E-state index contributed by atoms with van der Waals surface area (Å²) in [6.45, 7) is 1.16. The van der Waals surface area contributed by atoms with Crippen LogP contribution in [0.4, 0.5) is 8.78 Å². The molecular formula is C29H25F2N5O3. The summed E-state index contributed by atoms with van der Waals surface area (Å²) >= 11 is 0. The van der Waals surface area contributed by atoms with Crippen LogP contribution in [0.25, 0.3) is 11.0 Å². The molecule has 2 aromatic carbocycles. The molecule has 1 aromatic heterocycles. The third-order valence-electron chi connectivity index (χ3n) is 7.81. The molecule has 0 spiro atoms. The van der Waals surface area contributed by atoms with E-state index >= 15 is 0 Å². The van der Waals surface area contributed by atoms with E-state index < -0.39 is 18.1 Å². The molecule has 1 fully saturated rings. The Morgan fingerprint density at radius 2 is 1.97 bits per heavy atom. The standard InChI is InChI=1S/C29H25F2N5O3/c1-29(2,15-32)27(38)35-13-17(14-35)8-7-16-9-10-19-20(11-16)36-21-12-22(25(36)33-19)34(3)26(37)18-5-4-6-23(24(18)21)39-28(30)31/h4-6,9-11,17,21-22,28H,12-14H2,1-3H3/t21?,22-/m1/s1. The van der Waals surface area contributed by atoms with E-state index in [-0.39, 0.29) is 29.5 Å². The van der Waals surface area contributed by atoms with Crippen LogP contribution in [0.1, 0.15) is 59.7 Å². The van der Waals surface area contributed by atoms with Gasteiger partial charge in [-0.05, 0) is 44.2 Å². The van der Waals surface area contributed by atoms with Crippen molar-refractivity contribution in [1.29, 1.82) is 5.26 Å². The van der Waals surface area contributed by atoms with Gasteiger partial charge in [0.1, 0.15) is 17.0 Å². The topological polar surface area (TPSA) is 91.5 Å². The van der Waals surface area contributed by atoms with Crippen LogP contribution in [0.15, 0.2) is 36.4 Å². The molecule has 2 bridgehead atoms. The van der Waals surface area contributed by atoms with E-state index in [1.54, 1.807) is 42.8 Å². The first-order valence-corrected chi connectivity index (χ1v) is 12.7. The zero-order valence-corrected chi connectivity index (χ0v) is 21.6. The second kappa shape index (κ2) is 8.81. The van der Waals surface area contributed by atoms with Crippen molar-refractivity contribution in [2.24, 2.45) is 11.3 Å². The molecule has 1 unspecified atom stereocenters. The van der Waals surface area contributed by atoms with Crippen molar-refractivity contribution < 1.29 is 23.1 Å². The number of amides is 2. The van der Waals surface area contributed by atoms with Gasteiger partial charge in [0.15, 0.2) is 0 Å². The molecular weight excluding hydrogens is 504 g/mol. The Morgan fingerprint density at radius 1 is 1.21 bits per heavy atom. The lowest BCUT2D eigenvalue weighted by atomic mass is 9.90. The summed E-state index contributed by atoms with van der Waals surface area (Å²) in [5, 5.41) is 9.20. The van der Waals surface area contributed by atoms with Gasteiger partial charge in [-0.2, -0.15) is 14.0 Å². The maximum atomic E-state index is 13.3. The number of hydrogen-bond donors (Lipinski definition) is 0. The number of ether oxygens (including phenoxy) is 1. The van der Waals surface area contributed by atoms with Gasteiger partial charge in [0.25, 0.3) is 5.91 Å². The van der Waals surface area contributed by atoms with E-state index in [1.807, 2.05) is 28.8 Å². The Kier molecular flexibility index (Phi) is 5.62. The third kappa shape index (κ3) is 3.90.